The maximum atomic E-state index is 12.3. The van der Waals surface area contributed by atoms with E-state index in [4.69, 9.17) is 4.74 Å². The van der Waals surface area contributed by atoms with Crippen molar-refractivity contribution in [3.8, 4) is 0 Å². The highest BCUT2D eigenvalue weighted by atomic mass is 16.6. The average molecular weight is 537 g/mol. The Morgan fingerprint density at radius 2 is 0.895 bits per heavy atom. The van der Waals surface area contributed by atoms with Crippen LogP contribution >= 0.6 is 0 Å². The lowest BCUT2D eigenvalue weighted by atomic mass is 9.83. The van der Waals surface area contributed by atoms with Gasteiger partial charge < -0.3 is 10.1 Å². The largest absolute Gasteiger partial charge is 0.459 e. The molecule has 0 unspecified atom stereocenters. The minimum atomic E-state index is -0.294. The number of rotatable bonds is 27. The molecule has 38 heavy (non-hydrogen) atoms. The SMILES string of the molecule is CCCCCCCCCCCCCCCCCCCCCCCCCCC(=O)OC(C)(C)C1CC[NH2+]CC1. The van der Waals surface area contributed by atoms with E-state index in [-0.39, 0.29) is 11.6 Å². The van der Waals surface area contributed by atoms with Crippen LogP contribution in [0.4, 0.5) is 0 Å². The Labute approximate surface area is 239 Å². The van der Waals surface area contributed by atoms with Gasteiger partial charge in [-0.25, -0.2) is 0 Å². The Kier molecular flexibility index (Phi) is 23.7. The van der Waals surface area contributed by atoms with Crippen LogP contribution in [0, 0.1) is 5.92 Å². The Bertz CT molecular complexity index is 512. The number of nitrogens with two attached hydrogens (primary N) is 1. The van der Waals surface area contributed by atoms with E-state index in [1.165, 1.54) is 174 Å². The monoisotopic (exact) mass is 537 g/mol. The lowest BCUT2D eigenvalue weighted by Gasteiger charge is -2.35. The maximum Gasteiger partial charge on any atom is 0.306 e. The van der Waals surface area contributed by atoms with Gasteiger partial charge in [0.1, 0.15) is 5.60 Å². The van der Waals surface area contributed by atoms with E-state index in [1.54, 1.807) is 0 Å². The van der Waals surface area contributed by atoms with E-state index in [0.717, 1.165) is 6.42 Å². The fourth-order valence-corrected chi connectivity index (χ4v) is 6.28. The van der Waals surface area contributed by atoms with Crippen molar-refractivity contribution in [2.75, 3.05) is 13.1 Å². The van der Waals surface area contributed by atoms with Crippen molar-refractivity contribution < 1.29 is 14.8 Å². The summed E-state index contributed by atoms with van der Waals surface area (Å²) in [5, 5.41) is 2.37. The Hall–Kier alpha value is -0.570. The average Bonchev–Trinajstić information content (AvgIpc) is 2.91. The van der Waals surface area contributed by atoms with Crippen LogP contribution in [-0.4, -0.2) is 24.7 Å². The molecule has 1 rings (SSSR count). The molecule has 0 spiro atoms. The molecule has 2 N–H and O–H groups in total. The molecule has 0 bridgehead atoms. The van der Waals surface area contributed by atoms with Crippen molar-refractivity contribution in [3.63, 3.8) is 0 Å². The second kappa shape index (κ2) is 25.4. The smallest absolute Gasteiger partial charge is 0.306 e. The van der Waals surface area contributed by atoms with Crippen molar-refractivity contribution in [1.29, 1.82) is 0 Å². The highest BCUT2D eigenvalue weighted by Crippen LogP contribution is 2.28. The standard InChI is InChI=1S/C35H69NO2/c1-4-5-6-7-8-9-10-11-12-13-14-15-16-17-18-19-20-21-22-23-24-25-26-27-28-34(37)38-35(2,3)33-29-31-36-32-30-33/h33,36H,4-32H2,1-3H3/p+1. The van der Waals surface area contributed by atoms with E-state index < -0.39 is 0 Å². The lowest BCUT2D eigenvalue weighted by molar-refractivity contribution is -0.665. The highest BCUT2D eigenvalue weighted by molar-refractivity contribution is 5.69. The van der Waals surface area contributed by atoms with Gasteiger partial charge in [-0.1, -0.05) is 155 Å². The van der Waals surface area contributed by atoms with Crippen LogP contribution in [0.15, 0.2) is 0 Å². The number of unbranched alkanes of at least 4 members (excludes halogenated alkanes) is 23. The molecule has 0 aromatic rings. The zero-order valence-electron chi connectivity index (χ0n) is 26.5. The van der Waals surface area contributed by atoms with Crippen LogP contribution in [0.1, 0.15) is 194 Å². The summed E-state index contributed by atoms with van der Waals surface area (Å²) in [6.45, 7) is 8.87. The second-order valence-corrected chi connectivity index (χ2v) is 13.1. The van der Waals surface area contributed by atoms with E-state index in [9.17, 15) is 4.79 Å². The van der Waals surface area contributed by atoms with Gasteiger partial charge in [0.25, 0.3) is 0 Å². The number of hydrogen-bond acceptors (Lipinski definition) is 2. The first-order valence-corrected chi connectivity index (χ1v) is 17.6. The van der Waals surface area contributed by atoms with Crippen LogP contribution in [-0.2, 0) is 9.53 Å². The number of piperidine rings is 1. The van der Waals surface area contributed by atoms with Crippen LogP contribution in [0.3, 0.4) is 0 Å². The molecule has 1 heterocycles. The zero-order chi connectivity index (χ0) is 27.6. The van der Waals surface area contributed by atoms with Crippen molar-refractivity contribution in [2.24, 2.45) is 5.92 Å². The summed E-state index contributed by atoms with van der Waals surface area (Å²) < 4.78 is 5.88. The molecule has 0 aromatic heterocycles. The van der Waals surface area contributed by atoms with Crippen molar-refractivity contribution >= 4 is 5.97 Å². The molecule has 0 aromatic carbocycles. The first kappa shape index (κ1) is 35.5. The molecule has 1 aliphatic heterocycles. The normalized spacial score (nSPS) is 14.7. The van der Waals surface area contributed by atoms with E-state index in [0.29, 0.717) is 12.3 Å². The van der Waals surface area contributed by atoms with Gasteiger partial charge in [0.2, 0.25) is 0 Å². The molecule has 0 saturated carbocycles. The van der Waals surface area contributed by atoms with Gasteiger partial charge in [0.15, 0.2) is 0 Å². The first-order chi connectivity index (χ1) is 18.6. The number of ether oxygens (including phenoxy) is 1. The van der Waals surface area contributed by atoms with Gasteiger partial charge in [-0.05, 0) is 20.3 Å². The predicted octanol–water partition coefficient (Wildman–Crippen LogP) is 10.1. The summed E-state index contributed by atoms with van der Waals surface area (Å²) in [6, 6.07) is 0. The second-order valence-electron chi connectivity index (χ2n) is 13.1. The molecule has 1 fully saturated rings. The van der Waals surface area contributed by atoms with Crippen molar-refractivity contribution in [3.05, 3.63) is 0 Å². The topological polar surface area (TPSA) is 42.9 Å². The lowest BCUT2D eigenvalue weighted by Crippen LogP contribution is -2.86. The van der Waals surface area contributed by atoms with Crippen LogP contribution < -0.4 is 5.32 Å². The number of hydrogen-bond donors (Lipinski definition) is 1. The molecule has 0 radical (unpaired) electrons. The third-order valence-corrected chi connectivity index (χ3v) is 9.03. The van der Waals surface area contributed by atoms with Crippen molar-refractivity contribution in [1.82, 2.24) is 0 Å². The Morgan fingerprint density at radius 1 is 0.579 bits per heavy atom. The molecular formula is C35H70NO2+. The van der Waals surface area contributed by atoms with E-state index in [2.05, 4.69) is 26.1 Å². The van der Waals surface area contributed by atoms with Crippen LogP contribution in [0.2, 0.25) is 0 Å². The molecule has 1 saturated heterocycles. The molecule has 3 heteroatoms. The van der Waals surface area contributed by atoms with Gasteiger partial charge in [0.05, 0.1) is 13.1 Å². The highest BCUT2D eigenvalue weighted by Gasteiger charge is 2.35. The fourth-order valence-electron chi connectivity index (χ4n) is 6.28. The number of quaternary nitrogens is 1. The Balaban J connectivity index is 1.74. The quantitative estimate of drug-likeness (QED) is 0.0838. The third kappa shape index (κ3) is 21.3. The van der Waals surface area contributed by atoms with Crippen LogP contribution in [0.25, 0.3) is 0 Å². The summed E-state index contributed by atoms with van der Waals surface area (Å²) in [5.74, 6) is 0.541. The fraction of sp³-hybridized carbons (Fsp3) is 0.971. The van der Waals surface area contributed by atoms with Crippen molar-refractivity contribution in [2.45, 2.75) is 200 Å². The zero-order valence-corrected chi connectivity index (χ0v) is 26.5. The summed E-state index contributed by atoms with van der Waals surface area (Å²) in [6.07, 6.45) is 36.6. The molecule has 0 aliphatic carbocycles. The van der Waals surface area contributed by atoms with Gasteiger partial charge in [-0.15, -0.1) is 0 Å². The summed E-state index contributed by atoms with van der Waals surface area (Å²) in [4.78, 5) is 12.3. The number of carbonyl (C=O) groups is 1. The molecule has 226 valence electrons. The summed E-state index contributed by atoms with van der Waals surface area (Å²) >= 11 is 0. The first-order valence-electron chi connectivity index (χ1n) is 17.6. The minimum absolute atomic E-state index is 0.0170. The predicted molar refractivity (Wildman–Crippen MR) is 166 cm³/mol. The Morgan fingerprint density at radius 3 is 1.24 bits per heavy atom. The molecule has 0 atom stereocenters. The molecule has 0 amide bonds. The number of esters is 1. The summed E-state index contributed by atoms with van der Waals surface area (Å²) in [5.41, 5.74) is -0.294. The van der Waals surface area contributed by atoms with E-state index in [1.807, 2.05) is 0 Å². The van der Waals surface area contributed by atoms with Gasteiger partial charge >= 0.3 is 5.97 Å². The van der Waals surface area contributed by atoms with Gasteiger partial charge in [-0.3, -0.25) is 4.79 Å². The molecular weight excluding hydrogens is 466 g/mol. The third-order valence-electron chi connectivity index (χ3n) is 9.03. The molecule has 3 nitrogen and oxygen atoms in total. The maximum absolute atomic E-state index is 12.3. The van der Waals surface area contributed by atoms with Gasteiger partial charge in [0, 0.05) is 25.2 Å². The molecule has 1 aliphatic rings. The minimum Gasteiger partial charge on any atom is -0.459 e. The number of carbonyl (C=O) groups excluding carboxylic acids is 1. The van der Waals surface area contributed by atoms with Gasteiger partial charge in [-0.2, -0.15) is 0 Å². The van der Waals surface area contributed by atoms with E-state index >= 15 is 0 Å². The van der Waals surface area contributed by atoms with Crippen LogP contribution in [0.5, 0.6) is 0 Å². The summed E-state index contributed by atoms with van der Waals surface area (Å²) in [7, 11) is 0.